The lowest BCUT2D eigenvalue weighted by atomic mass is 10.2. The molecule has 9 heteroatoms. The average molecular weight is 389 g/mol. The number of esters is 1. The van der Waals surface area contributed by atoms with Gasteiger partial charge in [-0.1, -0.05) is 29.0 Å². The minimum atomic E-state index is -0.543. The number of benzene rings is 1. The van der Waals surface area contributed by atoms with Crippen molar-refractivity contribution >= 4 is 22.3 Å². The molecule has 2 aromatic heterocycles. The normalized spacial score (nSPS) is 10.9. The maximum atomic E-state index is 12.1. The first-order chi connectivity index (χ1) is 13.0. The van der Waals surface area contributed by atoms with Crippen molar-refractivity contribution in [1.29, 1.82) is 0 Å². The van der Waals surface area contributed by atoms with Crippen LogP contribution in [0, 0.1) is 6.92 Å². The van der Waals surface area contributed by atoms with E-state index in [2.05, 4.69) is 10.1 Å². The van der Waals surface area contributed by atoms with Crippen molar-refractivity contribution in [2.75, 3.05) is 13.2 Å². The summed E-state index contributed by atoms with van der Waals surface area (Å²) < 4.78 is 17.0. The summed E-state index contributed by atoms with van der Waals surface area (Å²) in [5.41, 5.74) is 1.13. The van der Waals surface area contributed by atoms with Gasteiger partial charge in [0.1, 0.15) is 24.0 Å². The standard InChI is InChI=1S/C18H19N3O5S/c1-3-24-10-15-20-21-16(22)8-13(19-18(21)27-15)9-26-17(23)11-25-14-6-4-12(2)5-7-14/h4-8H,3,9-11H2,1-2H3. The van der Waals surface area contributed by atoms with Crippen molar-refractivity contribution in [2.45, 2.75) is 27.1 Å². The van der Waals surface area contributed by atoms with Crippen LogP contribution in [0.15, 0.2) is 35.1 Å². The Kier molecular flexibility index (Phi) is 6.15. The number of carbonyl (C=O) groups excluding carboxylic acids is 1. The smallest absolute Gasteiger partial charge is 0.344 e. The van der Waals surface area contributed by atoms with Gasteiger partial charge < -0.3 is 14.2 Å². The first-order valence-electron chi connectivity index (χ1n) is 8.36. The summed E-state index contributed by atoms with van der Waals surface area (Å²) in [4.78, 5) is 28.7. The molecule has 0 spiro atoms. The molecule has 0 aliphatic rings. The van der Waals surface area contributed by atoms with E-state index >= 15 is 0 Å². The van der Waals surface area contributed by atoms with E-state index in [9.17, 15) is 9.59 Å². The lowest BCUT2D eigenvalue weighted by Crippen LogP contribution is -2.18. The summed E-state index contributed by atoms with van der Waals surface area (Å²) >= 11 is 1.26. The number of carbonyl (C=O) groups is 1. The number of hydrogen-bond donors (Lipinski definition) is 0. The van der Waals surface area contributed by atoms with E-state index in [0.717, 1.165) is 5.56 Å². The maximum Gasteiger partial charge on any atom is 0.344 e. The molecule has 0 radical (unpaired) electrons. The monoisotopic (exact) mass is 389 g/mol. The third-order valence-electron chi connectivity index (χ3n) is 3.53. The van der Waals surface area contributed by atoms with Crippen LogP contribution in [0.1, 0.15) is 23.2 Å². The molecular formula is C18H19N3O5S. The molecular weight excluding hydrogens is 370 g/mol. The van der Waals surface area contributed by atoms with E-state index in [-0.39, 0.29) is 18.8 Å². The Balaban J connectivity index is 1.58. The summed E-state index contributed by atoms with van der Waals surface area (Å²) in [6, 6.07) is 8.64. The number of fused-ring (bicyclic) bond motifs is 1. The number of rotatable bonds is 8. The van der Waals surface area contributed by atoms with Crippen molar-refractivity contribution in [2.24, 2.45) is 0 Å². The van der Waals surface area contributed by atoms with Crippen LogP contribution in [0.25, 0.3) is 4.96 Å². The first kappa shape index (κ1) is 19.0. The highest BCUT2D eigenvalue weighted by molar-refractivity contribution is 7.16. The summed E-state index contributed by atoms with van der Waals surface area (Å²) in [7, 11) is 0. The van der Waals surface area contributed by atoms with E-state index in [0.29, 0.717) is 34.6 Å². The molecule has 0 unspecified atom stereocenters. The number of aromatic nitrogens is 3. The van der Waals surface area contributed by atoms with Crippen molar-refractivity contribution in [1.82, 2.24) is 14.6 Å². The SMILES string of the molecule is CCOCc1nn2c(=O)cc(COC(=O)COc3ccc(C)cc3)nc2s1. The molecule has 2 heterocycles. The van der Waals surface area contributed by atoms with Crippen LogP contribution >= 0.6 is 11.3 Å². The Bertz CT molecular complexity index is 981. The van der Waals surface area contributed by atoms with Crippen molar-refractivity contribution in [3.8, 4) is 5.75 Å². The van der Waals surface area contributed by atoms with Gasteiger partial charge >= 0.3 is 5.97 Å². The lowest BCUT2D eigenvalue weighted by Gasteiger charge is -2.07. The fourth-order valence-electron chi connectivity index (χ4n) is 2.19. The van der Waals surface area contributed by atoms with Crippen LogP contribution in [0.2, 0.25) is 0 Å². The van der Waals surface area contributed by atoms with E-state index in [4.69, 9.17) is 14.2 Å². The third-order valence-corrected chi connectivity index (χ3v) is 4.41. The zero-order chi connectivity index (χ0) is 19.2. The molecule has 27 heavy (non-hydrogen) atoms. The third kappa shape index (κ3) is 5.11. The molecule has 1 aromatic carbocycles. The second-order valence-electron chi connectivity index (χ2n) is 5.68. The molecule has 0 aliphatic carbocycles. The second kappa shape index (κ2) is 8.74. The largest absolute Gasteiger partial charge is 0.482 e. The van der Waals surface area contributed by atoms with Gasteiger partial charge in [0, 0.05) is 12.7 Å². The van der Waals surface area contributed by atoms with Gasteiger partial charge in [-0.15, -0.1) is 0 Å². The summed E-state index contributed by atoms with van der Waals surface area (Å²) in [5, 5.41) is 4.82. The number of ether oxygens (including phenoxy) is 3. The van der Waals surface area contributed by atoms with Gasteiger partial charge in [-0.2, -0.15) is 9.61 Å². The molecule has 0 fully saturated rings. The molecule has 0 saturated carbocycles. The van der Waals surface area contributed by atoms with Crippen LogP contribution in [-0.2, 0) is 27.5 Å². The quantitative estimate of drug-likeness (QED) is 0.545. The Labute approximate surface area is 159 Å². The predicted octanol–water partition coefficient (Wildman–Crippen LogP) is 2.12. The molecule has 0 N–H and O–H groups in total. The number of aryl methyl sites for hydroxylation is 1. The molecule has 0 atom stereocenters. The number of hydrogen-bond acceptors (Lipinski definition) is 8. The highest BCUT2D eigenvalue weighted by Gasteiger charge is 2.11. The van der Waals surface area contributed by atoms with Gasteiger partial charge in [0.2, 0.25) is 4.96 Å². The Hall–Kier alpha value is -2.78. The number of nitrogens with zero attached hydrogens (tertiary/aromatic N) is 3. The van der Waals surface area contributed by atoms with Crippen LogP contribution in [-0.4, -0.2) is 33.8 Å². The van der Waals surface area contributed by atoms with Gasteiger partial charge in [-0.25, -0.2) is 9.78 Å². The Morgan fingerprint density at radius 2 is 2.00 bits per heavy atom. The summed E-state index contributed by atoms with van der Waals surface area (Å²) in [6.45, 7) is 4.40. The van der Waals surface area contributed by atoms with Gasteiger partial charge in [0.05, 0.1) is 5.69 Å². The molecule has 0 aliphatic heterocycles. The summed E-state index contributed by atoms with van der Waals surface area (Å²) in [5.74, 6) is 0.0424. The second-order valence-corrected chi connectivity index (χ2v) is 6.72. The molecule has 0 saturated heterocycles. The van der Waals surface area contributed by atoms with Gasteiger partial charge in [0.15, 0.2) is 6.61 Å². The fraction of sp³-hybridized carbons (Fsp3) is 0.333. The molecule has 3 rings (SSSR count). The molecule has 0 amide bonds. The van der Waals surface area contributed by atoms with Crippen LogP contribution in [0.4, 0.5) is 0 Å². The molecule has 0 bridgehead atoms. The van der Waals surface area contributed by atoms with Crippen LogP contribution in [0.5, 0.6) is 5.75 Å². The fourth-order valence-corrected chi connectivity index (χ4v) is 3.05. The van der Waals surface area contributed by atoms with E-state index in [1.54, 1.807) is 12.1 Å². The molecule has 8 nitrogen and oxygen atoms in total. The van der Waals surface area contributed by atoms with Gasteiger partial charge in [-0.05, 0) is 26.0 Å². The van der Waals surface area contributed by atoms with Gasteiger partial charge in [0.25, 0.3) is 5.56 Å². The minimum absolute atomic E-state index is 0.111. The zero-order valence-corrected chi connectivity index (χ0v) is 15.8. The summed E-state index contributed by atoms with van der Waals surface area (Å²) in [6.07, 6.45) is 0. The Morgan fingerprint density at radius 1 is 1.22 bits per heavy atom. The lowest BCUT2D eigenvalue weighted by molar-refractivity contribution is -0.147. The minimum Gasteiger partial charge on any atom is -0.482 e. The van der Waals surface area contributed by atoms with Crippen LogP contribution in [0.3, 0.4) is 0 Å². The van der Waals surface area contributed by atoms with E-state index in [1.165, 1.54) is 21.9 Å². The molecule has 3 aromatic rings. The highest BCUT2D eigenvalue weighted by Crippen LogP contribution is 2.13. The first-order valence-corrected chi connectivity index (χ1v) is 9.18. The maximum absolute atomic E-state index is 12.1. The van der Waals surface area contributed by atoms with E-state index in [1.807, 2.05) is 26.0 Å². The Morgan fingerprint density at radius 3 is 2.74 bits per heavy atom. The zero-order valence-electron chi connectivity index (χ0n) is 15.0. The van der Waals surface area contributed by atoms with Crippen molar-refractivity contribution in [3.63, 3.8) is 0 Å². The van der Waals surface area contributed by atoms with Crippen molar-refractivity contribution in [3.05, 3.63) is 57.0 Å². The van der Waals surface area contributed by atoms with E-state index < -0.39 is 5.97 Å². The predicted molar refractivity (Wildman–Crippen MR) is 98.9 cm³/mol. The molecule has 142 valence electrons. The highest BCUT2D eigenvalue weighted by atomic mass is 32.1. The topological polar surface area (TPSA) is 92.0 Å². The van der Waals surface area contributed by atoms with Gasteiger partial charge in [-0.3, -0.25) is 4.79 Å². The average Bonchev–Trinajstić information content (AvgIpc) is 3.08. The van der Waals surface area contributed by atoms with Crippen LogP contribution < -0.4 is 10.3 Å². The van der Waals surface area contributed by atoms with Crippen molar-refractivity contribution < 1.29 is 19.0 Å².